The van der Waals surface area contributed by atoms with Crippen molar-refractivity contribution in [3.63, 3.8) is 0 Å². The summed E-state index contributed by atoms with van der Waals surface area (Å²) in [6, 6.07) is 8.64. The average molecular weight is 287 g/mol. The van der Waals surface area contributed by atoms with E-state index in [0.29, 0.717) is 18.2 Å². The third-order valence-electron chi connectivity index (χ3n) is 3.00. The first-order chi connectivity index (χ1) is 9.99. The van der Waals surface area contributed by atoms with Crippen molar-refractivity contribution in [3.05, 3.63) is 51.8 Å². The molecule has 0 bridgehead atoms. The summed E-state index contributed by atoms with van der Waals surface area (Å²) in [4.78, 5) is 21.1. The maximum atomic E-state index is 11.0. The molecule has 0 spiro atoms. The van der Waals surface area contributed by atoms with Gasteiger partial charge in [-0.2, -0.15) is 0 Å². The van der Waals surface area contributed by atoms with Crippen LogP contribution in [0.4, 0.5) is 17.3 Å². The Morgan fingerprint density at radius 1 is 1.33 bits per heavy atom. The fraction of sp³-hybridized carbons (Fsp3) is 0.286. The van der Waals surface area contributed by atoms with E-state index in [1.54, 1.807) is 7.05 Å². The summed E-state index contributed by atoms with van der Waals surface area (Å²) in [7, 11) is 3.51. The molecular weight excluding hydrogens is 270 g/mol. The topological polar surface area (TPSA) is 84.2 Å². The Morgan fingerprint density at radius 3 is 2.71 bits per heavy atom. The molecule has 0 saturated carbocycles. The molecule has 1 N–H and O–H groups in total. The lowest BCUT2D eigenvalue weighted by molar-refractivity contribution is -0.384. The van der Waals surface area contributed by atoms with Crippen LogP contribution in [0.1, 0.15) is 11.4 Å². The van der Waals surface area contributed by atoms with Gasteiger partial charge in [0.25, 0.3) is 5.69 Å². The molecule has 0 aromatic carbocycles. The molecule has 0 aliphatic rings. The summed E-state index contributed by atoms with van der Waals surface area (Å²) in [5.41, 5.74) is 1.83. The molecule has 0 unspecified atom stereocenters. The largest absolute Gasteiger partial charge is 0.373 e. The minimum absolute atomic E-state index is 0.00778. The highest BCUT2D eigenvalue weighted by molar-refractivity contribution is 5.55. The van der Waals surface area contributed by atoms with Crippen LogP contribution < -0.4 is 10.2 Å². The summed E-state index contributed by atoms with van der Waals surface area (Å²) >= 11 is 0. The van der Waals surface area contributed by atoms with Crippen LogP contribution in [0.3, 0.4) is 0 Å². The molecule has 2 rings (SSSR count). The second-order valence-electron chi connectivity index (χ2n) is 4.70. The third kappa shape index (κ3) is 3.65. The van der Waals surface area contributed by atoms with E-state index >= 15 is 0 Å². The quantitative estimate of drug-likeness (QED) is 0.671. The van der Waals surface area contributed by atoms with E-state index in [2.05, 4.69) is 15.3 Å². The number of pyridine rings is 2. The molecule has 2 aromatic heterocycles. The Balaban J connectivity index is 2.27. The molecule has 0 aliphatic carbocycles. The number of nitro groups is 1. The Bertz CT molecular complexity index is 660. The maximum absolute atomic E-state index is 11.0. The fourth-order valence-electron chi connectivity index (χ4n) is 1.94. The lowest BCUT2D eigenvalue weighted by atomic mass is 10.3. The molecule has 7 nitrogen and oxygen atoms in total. The molecule has 0 radical (unpaired) electrons. The molecule has 7 heteroatoms. The average Bonchev–Trinajstić information content (AvgIpc) is 2.46. The van der Waals surface area contributed by atoms with Crippen LogP contribution in [0.15, 0.2) is 30.3 Å². The highest BCUT2D eigenvalue weighted by atomic mass is 16.6. The number of anilines is 2. The monoisotopic (exact) mass is 287 g/mol. The van der Waals surface area contributed by atoms with Crippen molar-refractivity contribution in [3.8, 4) is 0 Å². The predicted molar refractivity (Wildman–Crippen MR) is 81.5 cm³/mol. The number of aryl methyl sites for hydroxylation is 1. The second-order valence-corrected chi connectivity index (χ2v) is 4.70. The van der Waals surface area contributed by atoms with Crippen molar-refractivity contribution in [2.75, 3.05) is 24.3 Å². The van der Waals surface area contributed by atoms with Crippen LogP contribution in [0.5, 0.6) is 0 Å². The molecule has 0 aliphatic heterocycles. The van der Waals surface area contributed by atoms with Crippen LogP contribution in [0.2, 0.25) is 0 Å². The van der Waals surface area contributed by atoms with Gasteiger partial charge in [0.15, 0.2) is 0 Å². The smallest absolute Gasteiger partial charge is 0.276 e. The van der Waals surface area contributed by atoms with Gasteiger partial charge in [-0.1, -0.05) is 6.07 Å². The van der Waals surface area contributed by atoms with Crippen molar-refractivity contribution in [1.29, 1.82) is 0 Å². The van der Waals surface area contributed by atoms with Gasteiger partial charge in [-0.15, -0.1) is 0 Å². The number of nitrogens with one attached hydrogen (secondary N) is 1. The minimum Gasteiger partial charge on any atom is -0.373 e. The third-order valence-corrected chi connectivity index (χ3v) is 3.00. The lowest BCUT2D eigenvalue weighted by Gasteiger charge is -2.18. The summed E-state index contributed by atoms with van der Waals surface area (Å²) in [5.74, 6) is 0.986. The molecule has 0 atom stereocenters. The SMILES string of the molecule is CNc1cc([N+](=O)[O-])cc(N(C)Cc2cccc(C)n2)n1. The molecule has 0 saturated heterocycles. The van der Waals surface area contributed by atoms with Crippen LogP contribution in [0.25, 0.3) is 0 Å². The van der Waals surface area contributed by atoms with E-state index in [1.165, 1.54) is 12.1 Å². The van der Waals surface area contributed by atoms with E-state index in [9.17, 15) is 10.1 Å². The van der Waals surface area contributed by atoms with Gasteiger partial charge in [-0.05, 0) is 19.1 Å². The van der Waals surface area contributed by atoms with E-state index in [1.807, 2.05) is 37.1 Å². The summed E-state index contributed by atoms with van der Waals surface area (Å²) in [6.45, 7) is 2.45. The lowest BCUT2D eigenvalue weighted by Crippen LogP contribution is -2.19. The molecule has 0 amide bonds. The highest BCUT2D eigenvalue weighted by Crippen LogP contribution is 2.23. The van der Waals surface area contributed by atoms with Crippen LogP contribution in [0, 0.1) is 17.0 Å². The van der Waals surface area contributed by atoms with Crippen LogP contribution in [-0.4, -0.2) is 29.0 Å². The zero-order valence-corrected chi connectivity index (χ0v) is 12.2. The van der Waals surface area contributed by atoms with Gasteiger partial charge in [0.05, 0.1) is 29.3 Å². The molecule has 2 heterocycles. The van der Waals surface area contributed by atoms with Crippen molar-refractivity contribution < 1.29 is 4.92 Å². The Morgan fingerprint density at radius 2 is 2.10 bits per heavy atom. The van der Waals surface area contributed by atoms with Crippen molar-refractivity contribution in [2.24, 2.45) is 0 Å². The Labute approximate surface area is 122 Å². The van der Waals surface area contributed by atoms with Gasteiger partial charge in [0.2, 0.25) is 0 Å². The molecule has 0 fully saturated rings. The molecular formula is C14H17N5O2. The first kappa shape index (κ1) is 14.7. The van der Waals surface area contributed by atoms with E-state index in [0.717, 1.165) is 11.4 Å². The standard InChI is InChI=1S/C14H17N5O2/c1-10-5-4-6-11(16-10)9-18(3)14-8-12(19(20)21)7-13(15-2)17-14/h4-8H,9H2,1-3H3,(H,15,17). The summed E-state index contributed by atoms with van der Waals surface area (Å²) in [5, 5.41) is 13.8. The number of nitrogens with zero attached hydrogens (tertiary/aromatic N) is 4. The van der Waals surface area contributed by atoms with Gasteiger partial charge in [0, 0.05) is 19.8 Å². The number of hydrogen-bond donors (Lipinski definition) is 1. The van der Waals surface area contributed by atoms with Crippen molar-refractivity contribution in [1.82, 2.24) is 9.97 Å². The Hall–Kier alpha value is -2.70. The number of rotatable bonds is 5. The minimum atomic E-state index is -0.426. The zero-order chi connectivity index (χ0) is 15.4. The van der Waals surface area contributed by atoms with Crippen LogP contribution in [-0.2, 0) is 6.54 Å². The maximum Gasteiger partial charge on any atom is 0.276 e. The fourth-order valence-corrected chi connectivity index (χ4v) is 1.94. The first-order valence-electron chi connectivity index (χ1n) is 6.47. The van der Waals surface area contributed by atoms with Gasteiger partial charge in [-0.25, -0.2) is 4.98 Å². The highest BCUT2D eigenvalue weighted by Gasteiger charge is 2.14. The molecule has 2 aromatic rings. The van der Waals surface area contributed by atoms with Crippen molar-refractivity contribution in [2.45, 2.75) is 13.5 Å². The summed E-state index contributed by atoms with van der Waals surface area (Å²) < 4.78 is 0. The predicted octanol–water partition coefficient (Wildman–Crippen LogP) is 2.37. The molecule has 21 heavy (non-hydrogen) atoms. The second kappa shape index (κ2) is 6.17. The number of aromatic nitrogens is 2. The van der Waals surface area contributed by atoms with Gasteiger partial charge in [0.1, 0.15) is 11.6 Å². The van der Waals surface area contributed by atoms with Gasteiger partial charge in [-0.3, -0.25) is 15.1 Å². The van der Waals surface area contributed by atoms with Crippen molar-refractivity contribution >= 4 is 17.3 Å². The molecule has 110 valence electrons. The van der Waals surface area contributed by atoms with Crippen LogP contribution >= 0.6 is 0 Å². The van der Waals surface area contributed by atoms with E-state index in [4.69, 9.17) is 0 Å². The summed E-state index contributed by atoms with van der Waals surface area (Å²) in [6.07, 6.45) is 0. The Kier molecular flexibility index (Phi) is 4.32. The van der Waals surface area contributed by atoms with E-state index < -0.39 is 4.92 Å². The number of hydrogen-bond acceptors (Lipinski definition) is 6. The first-order valence-corrected chi connectivity index (χ1v) is 6.47. The van der Waals surface area contributed by atoms with Gasteiger partial charge >= 0.3 is 0 Å². The zero-order valence-electron chi connectivity index (χ0n) is 12.2. The van der Waals surface area contributed by atoms with E-state index in [-0.39, 0.29) is 5.69 Å². The van der Waals surface area contributed by atoms with Gasteiger partial charge < -0.3 is 10.2 Å². The normalized spacial score (nSPS) is 10.2.